The van der Waals surface area contributed by atoms with Gasteiger partial charge in [0.1, 0.15) is 5.82 Å². The molecule has 0 amide bonds. The van der Waals surface area contributed by atoms with Gasteiger partial charge in [-0.25, -0.2) is 9.97 Å². The second kappa shape index (κ2) is 5.92. The maximum absolute atomic E-state index is 4.53. The summed E-state index contributed by atoms with van der Waals surface area (Å²) in [5, 5.41) is 0. The summed E-state index contributed by atoms with van der Waals surface area (Å²) in [6, 6.07) is 2.17. The van der Waals surface area contributed by atoms with Crippen molar-refractivity contribution in [2.45, 2.75) is 53.4 Å². The average molecular weight is 283 g/mol. The first-order valence-corrected chi connectivity index (χ1v) is 7.56. The first-order chi connectivity index (χ1) is 9.77. The van der Waals surface area contributed by atoms with Gasteiger partial charge in [-0.05, 0) is 36.5 Å². The number of nitrogens with zero attached hydrogens (tertiary/aromatic N) is 3. The van der Waals surface area contributed by atoms with Crippen LogP contribution in [0, 0.1) is 12.8 Å². The Kier molecular flexibility index (Phi) is 4.40. The zero-order chi connectivity index (χ0) is 15.6. The molecule has 0 aliphatic heterocycles. The van der Waals surface area contributed by atoms with Crippen molar-refractivity contribution in [3.8, 4) is 11.3 Å². The van der Waals surface area contributed by atoms with E-state index in [1.54, 1.807) is 0 Å². The third kappa shape index (κ3) is 3.87. The lowest BCUT2D eigenvalue weighted by atomic mass is 9.95. The van der Waals surface area contributed by atoms with E-state index >= 15 is 0 Å². The molecule has 0 aliphatic carbocycles. The third-order valence-electron chi connectivity index (χ3n) is 3.46. The fourth-order valence-electron chi connectivity index (χ4n) is 2.23. The van der Waals surface area contributed by atoms with Gasteiger partial charge in [0.25, 0.3) is 0 Å². The molecule has 2 aromatic rings. The minimum Gasteiger partial charge on any atom is -0.256 e. The van der Waals surface area contributed by atoms with Crippen LogP contribution in [0.1, 0.15) is 51.6 Å². The molecule has 0 aromatic carbocycles. The van der Waals surface area contributed by atoms with Crippen molar-refractivity contribution in [3.05, 3.63) is 41.6 Å². The molecule has 21 heavy (non-hydrogen) atoms. The molecule has 2 heterocycles. The van der Waals surface area contributed by atoms with Gasteiger partial charge in [-0.1, -0.05) is 34.6 Å². The van der Waals surface area contributed by atoms with Crippen molar-refractivity contribution in [2.24, 2.45) is 5.92 Å². The van der Waals surface area contributed by atoms with Crippen LogP contribution < -0.4 is 0 Å². The highest BCUT2D eigenvalue weighted by Gasteiger charge is 2.17. The Labute approximate surface area is 127 Å². The van der Waals surface area contributed by atoms with Crippen LogP contribution in [0.5, 0.6) is 0 Å². The Morgan fingerprint density at radius 1 is 1.00 bits per heavy atom. The second-order valence-electron chi connectivity index (χ2n) is 7.14. The number of hydrogen-bond donors (Lipinski definition) is 0. The van der Waals surface area contributed by atoms with Gasteiger partial charge in [-0.15, -0.1) is 0 Å². The van der Waals surface area contributed by atoms with Crippen LogP contribution >= 0.6 is 0 Å². The molecule has 0 bridgehead atoms. The minimum absolute atomic E-state index is 0.0258. The Morgan fingerprint density at radius 3 is 2.14 bits per heavy atom. The predicted molar refractivity (Wildman–Crippen MR) is 87.2 cm³/mol. The van der Waals surface area contributed by atoms with Gasteiger partial charge in [0.2, 0.25) is 0 Å². The lowest BCUT2D eigenvalue weighted by Crippen LogP contribution is -2.15. The fourth-order valence-corrected chi connectivity index (χ4v) is 2.23. The summed E-state index contributed by atoms with van der Waals surface area (Å²) in [6.45, 7) is 12.9. The monoisotopic (exact) mass is 283 g/mol. The normalized spacial score (nSPS) is 12.0. The minimum atomic E-state index is -0.0258. The molecule has 0 N–H and O–H groups in total. The van der Waals surface area contributed by atoms with E-state index in [-0.39, 0.29) is 5.41 Å². The van der Waals surface area contributed by atoms with E-state index in [1.807, 2.05) is 18.6 Å². The van der Waals surface area contributed by atoms with E-state index in [2.05, 4.69) is 62.6 Å². The van der Waals surface area contributed by atoms with Crippen LogP contribution in [0.25, 0.3) is 11.3 Å². The summed E-state index contributed by atoms with van der Waals surface area (Å²) in [7, 11) is 0. The van der Waals surface area contributed by atoms with Crippen LogP contribution in [0.15, 0.2) is 24.7 Å². The van der Waals surface area contributed by atoms with Crippen molar-refractivity contribution in [1.29, 1.82) is 0 Å². The number of aryl methyl sites for hydroxylation is 1. The van der Waals surface area contributed by atoms with E-state index in [0.717, 1.165) is 23.5 Å². The van der Waals surface area contributed by atoms with Gasteiger partial charge >= 0.3 is 0 Å². The molecule has 0 spiro atoms. The first-order valence-electron chi connectivity index (χ1n) is 7.56. The Balaban J connectivity index is 2.34. The molecule has 2 rings (SSSR count). The average Bonchev–Trinajstić information content (AvgIpc) is 2.40. The third-order valence-corrected chi connectivity index (χ3v) is 3.46. The lowest BCUT2D eigenvalue weighted by Gasteiger charge is -2.16. The molecule has 0 aliphatic rings. The maximum Gasteiger partial charge on any atom is 0.133 e. The highest BCUT2D eigenvalue weighted by atomic mass is 14.9. The summed E-state index contributed by atoms with van der Waals surface area (Å²) in [4.78, 5) is 13.5. The molecule has 3 heteroatoms. The smallest absolute Gasteiger partial charge is 0.133 e. The van der Waals surface area contributed by atoms with Gasteiger partial charge in [-0.2, -0.15) is 0 Å². The Morgan fingerprint density at radius 2 is 1.62 bits per heavy atom. The number of hydrogen-bond acceptors (Lipinski definition) is 3. The standard InChI is InChI=1S/C18H25N3/c1-12(2)7-14-8-16(19-9-13(14)3)15-10-20-17(21-11-15)18(4,5)6/h8-12H,7H2,1-6H3. The van der Waals surface area contributed by atoms with Gasteiger partial charge in [0, 0.05) is 29.6 Å². The van der Waals surface area contributed by atoms with E-state index in [9.17, 15) is 0 Å². The molecule has 0 atom stereocenters. The predicted octanol–water partition coefficient (Wildman–Crippen LogP) is 4.34. The summed E-state index contributed by atoms with van der Waals surface area (Å²) in [5.74, 6) is 1.50. The van der Waals surface area contributed by atoms with Gasteiger partial charge in [0.15, 0.2) is 0 Å². The van der Waals surface area contributed by atoms with Crippen molar-refractivity contribution in [1.82, 2.24) is 15.0 Å². The summed E-state index contributed by atoms with van der Waals surface area (Å²) in [6.07, 6.45) is 6.78. The molecule has 0 saturated heterocycles. The fraction of sp³-hybridized carbons (Fsp3) is 0.500. The highest BCUT2D eigenvalue weighted by Crippen LogP contribution is 2.23. The quantitative estimate of drug-likeness (QED) is 0.841. The highest BCUT2D eigenvalue weighted by molar-refractivity contribution is 5.58. The summed E-state index contributed by atoms with van der Waals surface area (Å²) < 4.78 is 0. The lowest BCUT2D eigenvalue weighted by molar-refractivity contribution is 0.545. The topological polar surface area (TPSA) is 38.7 Å². The molecule has 0 radical (unpaired) electrons. The van der Waals surface area contributed by atoms with Crippen molar-refractivity contribution in [2.75, 3.05) is 0 Å². The molecule has 112 valence electrons. The Bertz CT molecular complexity index is 607. The molecule has 0 saturated carbocycles. The van der Waals surface area contributed by atoms with Crippen LogP contribution in [0.4, 0.5) is 0 Å². The van der Waals surface area contributed by atoms with Gasteiger partial charge in [-0.3, -0.25) is 4.98 Å². The Hall–Kier alpha value is -1.77. The van der Waals surface area contributed by atoms with Gasteiger partial charge < -0.3 is 0 Å². The van der Waals surface area contributed by atoms with E-state index < -0.39 is 0 Å². The SMILES string of the molecule is Cc1cnc(-c2cnc(C(C)(C)C)nc2)cc1CC(C)C. The van der Waals surface area contributed by atoms with E-state index in [1.165, 1.54) is 11.1 Å². The van der Waals surface area contributed by atoms with Crippen molar-refractivity contribution in [3.63, 3.8) is 0 Å². The summed E-state index contributed by atoms with van der Waals surface area (Å²) >= 11 is 0. The first kappa shape index (κ1) is 15.6. The van der Waals surface area contributed by atoms with Crippen LogP contribution in [-0.2, 0) is 11.8 Å². The number of rotatable bonds is 3. The second-order valence-corrected chi connectivity index (χ2v) is 7.14. The van der Waals surface area contributed by atoms with E-state index in [0.29, 0.717) is 5.92 Å². The molecule has 0 unspecified atom stereocenters. The molecule has 2 aromatic heterocycles. The van der Waals surface area contributed by atoms with E-state index in [4.69, 9.17) is 0 Å². The molecule has 0 fully saturated rings. The largest absolute Gasteiger partial charge is 0.256 e. The number of aromatic nitrogens is 3. The van der Waals surface area contributed by atoms with Crippen LogP contribution in [0.2, 0.25) is 0 Å². The zero-order valence-corrected chi connectivity index (χ0v) is 13.9. The zero-order valence-electron chi connectivity index (χ0n) is 13.9. The maximum atomic E-state index is 4.53. The van der Waals surface area contributed by atoms with Gasteiger partial charge in [0.05, 0.1) is 5.69 Å². The summed E-state index contributed by atoms with van der Waals surface area (Å²) in [5.41, 5.74) is 4.52. The molecular weight excluding hydrogens is 258 g/mol. The van der Waals surface area contributed by atoms with Crippen molar-refractivity contribution >= 4 is 0 Å². The molecule has 3 nitrogen and oxygen atoms in total. The number of pyridine rings is 1. The van der Waals surface area contributed by atoms with Crippen LogP contribution in [-0.4, -0.2) is 15.0 Å². The molecular formula is C18H25N3. The van der Waals surface area contributed by atoms with Crippen molar-refractivity contribution < 1.29 is 0 Å². The van der Waals surface area contributed by atoms with Crippen LogP contribution in [0.3, 0.4) is 0 Å².